The monoisotopic (exact) mass is 285 g/mol. The third-order valence-electron chi connectivity index (χ3n) is 3.99. The fourth-order valence-corrected chi connectivity index (χ4v) is 2.90. The molecule has 1 aromatic carbocycles. The normalized spacial score (nSPS) is 15.1. The van der Waals surface area contributed by atoms with Crippen LogP contribution >= 0.6 is 0 Å². The summed E-state index contributed by atoms with van der Waals surface area (Å²) >= 11 is 0. The Bertz CT molecular complexity index is 536. The topological polar surface area (TPSA) is 40.5 Å². The molecule has 0 atom stereocenters. The van der Waals surface area contributed by atoms with Gasteiger partial charge in [-0.3, -0.25) is 4.79 Å². The van der Waals surface area contributed by atoms with Crippen LogP contribution in [0, 0.1) is 17.8 Å². The Balaban J connectivity index is 1.98. The Morgan fingerprint density at radius 3 is 2.81 bits per heavy atom. The van der Waals surface area contributed by atoms with Gasteiger partial charge in [-0.1, -0.05) is 43.2 Å². The molecule has 0 bridgehead atoms. The lowest BCUT2D eigenvalue weighted by Gasteiger charge is -2.26. The molecule has 1 aliphatic rings. The van der Waals surface area contributed by atoms with E-state index in [0.717, 1.165) is 24.0 Å². The quantitative estimate of drug-likeness (QED) is 0.867. The molecule has 0 aromatic heterocycles. The number of amides is 1. The van der Waals surface area contributed by atoms with Gasteiger partial charge in [0.1, 0.15) is 6.61 Å². The van der Waals surface area contributed by atoms with Gasteiger partial charge in [0, 0.05) is 25.1 Å². The minimum Gasteiger partial charge on any atom is -0.384 e. The maximum Gasteiger partial charge on any atom is 0.225 e. The van der Waals surface area contributed by atoms with Gasteiger partial charge < -0.3 is 10.0 Å². The highest BCUT2D eigenvalue weighted by molar-refractivity contribution is 5.78. The van der Waals surface area contributed by atoms with Crippen molar-refractivity contribution in [1.82, 2.24) is 4.90 Å². The van der Waals surface area contributed by atoms with Crippen LogP contribution in [0.3, 0.4) is 0 Å². The Kier molecular flexibility index (Phi) is 5.83. The van der Waals surface area contributed by atoms with E-state index >= 15 is 0 Å². The number of nitrogens with zero attached hydrogens (tertiary/aromatic N) is 1. The number of hydrogen-bond acceptors (Lipinski definition) is 2. The van der Waals surface area contributed by atoms with Gasteiger partial charge in [0.05, 0.1) is 0 Å². The largest absolute Gasteiger partial charge is 0.384 e. The van der Waals surface area contributed by atoms with Gasteiger partial charge in [0.15, 0.2) is 0 Å². The minimum absolute atomic E-state index is 0.135. The van der Waals surface area contributed by atoms with Gasteiger partial charge in [0.2, 0.25) is 5.91 Å². The van der Waals surface area contributed by atoms with Crippen molar-refractivity contribution in [3.8, 4) is 11.8 Å². The van der Waals surface area contributed by atoms with Crippen molar-refractivity contribution in [3.63, 3.8) is 0 Å². The van der Waals surface area contributed by atoms with Crippen LogP contribution in [-0.4, -0.2) is 29.6 Å². The Hall–Kier alpha value is -1.79. The zero-order valence-electron chi connectivity index (χ0n) is 12.6. The van der Waals surface area contributed by atoms with E-state index in [0.29, 0.717) is 6.54 Å². The molecule has 1 N–H and O–H groups in total. The Morgan fingerprint density at radius 1 is 1.33 bits per heavy atom. The first-order valence-corrected chi connectivity index (χ1v) is 7.64. The van der Waals surface area contributed by atoms with Gasteiger partial charge >= 0.3 is 0 Å². The zero-order chi connectivity index (χ0) is 15.1. The number of carbonyl (C=O) groups excluding carboxylic acids is 1. The minimum atomic E-state index is -0.135. The fraction of sp³-hybridized carbons (Fsp3) is 0.500. The highest BCUT2D eigenvalue weighted by Gasteiger charge is 2.23. The predicted octanol–water partition coefficient (Wildman–Crippen LogP) is 2.57. The zero-order valence-corrected chi connectivity index (χ0v) is 12.6. The Labute approximate surface area is 127 Å². The SMILES string of the molecule is CN(Cc1cccc(C#CCO)c1)C(=O)C1CCCCC1. The van der Waals surface area contributed by atoms with Crippen molar-refractivity contribution in [3.05, 3.63) is 35.4 Å². The summed E-state index contributed by atoms with van der Waals surface area (Å²) in [6.07, 6.45) is 5.68. The highest BCUT2D eigenvalue weighted by Crippen LogP contribution is 2.25. The molecule has 0 spiro atoms. The van der Waals surface area contributed by atoms with Crippen molar-refractivity contribution in [1.29, 1.82) is 0 Å². The van der Waals surface area contributed by atoms with Gasteiger partial charge in [-0.25, -0.2) is 0 Å². The van der Waals surface area contributed by atoms with E-state index in [9.17, 15) is 4.79 Å². The van der Waals surface area contributed by atoms with Gasteiger partial charge in [-0.05, 0) is 30.5 Å². The molecule has 0 unspecified atom stereocenters. The number of benzene rings is 1. The fourth-order valence-electron chi connectivity index (χ4n) is 2.90. The van der Waals surface area contributed by atoms with Crippen molar-refractivity contribution in [2.24, 2.45) is 5.92 Å². The Morgan fingerprint density at radius 2 is 2.10 bits per heavy atom. The van der Waals surface area contributed by atoms with E-state index in [1.54, 1.807) is 0 Å². The molecule has 0 radical (unpaired) electrons. The maximum atomic E-state index is 12.4. The molecular formula is C18H23NO2. The molecular weight excluding hydrogens is 262 g/mol. The second kappa shape index (κ2) is 7.85. The molecule has 112 valence electrons. The van der Waals surface area contributed by atoms with Crippen molar-refractivity contribution in [2.75, 3.05) is 13.7 Å². The molecule has 0 saturated heterocycles. The summed E-state index contributed by atoms with van der Waals surface area (Å²) in [5.74, 6) is 6.02. The first kappa shape index (κ1) is 15.6. The van der Waals surface area contributed by atoms with Gasteiger partial charge in [-0.2, -0.15) is 0 Å². The van der Waals surface area contributed by atoms with E-state index in [2.05, 4.69) is 11.8 Å². The standard InChI is InChI=1S/C18H23NO2/c1-19(18(21)17-10-3-2-4-11-17)14-16-8-5-7-15(13-16)9-6-12-20/h5,7-8,13,17,20H,2-4,10-12,14H2,1H3. The van der Waals surface area contributed by atoms with Crippen LogP contribution in [0.5, 0.6) is 0 Å². The number of aliphatic hydroxyl groups excluding tert-OH is 1. The molecule has 3 heteroatoms. The summed E-state index contributed by atoms with van der Waals surface area (Å²) < 4.78 is 0. The first-order valence-electron chi connectivity index (χ1n) is 7.64. The molecule has 3 nitrogen and oxygen atoms in total. The second-order valence-corrected chi connectivity index (χ2v) is 5.69. The lowest BCUT2D eigenvalue weighted by molar-refractivity contribution is -0.135. The molecule has 1 amide bonds. The first-order chi connectivity index (χ1) is 10.2. The molecule has 2 rings (SSSR count). The molecule has 0 aliphatic heterocycles. The van der Waals surface area contributed by atoms with Crippen LogP contribution in [0.25, 0.3) is 0 Å². The van der Waals surface area contributed by atoms with Crippen molar-refractivity contribution in [2.45, 2.75) is 38.6 Å². The molecule has 21 heavy (non-hydrogen) atoms. The number of rotatable bonds is 3. The lowest BCUT2D eigenvalue weighted by Crippen LogP contribution is -2.33. The third kappa shape index (κ3) is 4.61. The molecule has 0 heterocycles. The van der Waals surface area contributed by atoms with Crippen molar-refractivity contribution < 1.29 is 9.90 Å². The van der Waals surface area contributed by atoms with E-state index < -0.39 is 0 Å². The average Bonchev–Trinajstić information content (AvgIpc) is 2.53. The van der Waals surface area contributed by atoms with E-state index in [-0.39, 0.29) is 18.4 Å². The van der Waals surface area contributed by atoms with Gasteiger partial charge in [-0.15, -0.1) is 0 Å². The summed E-state index contributed by atoms with van der Waals surface area (Å²) in [5, 5.41) is 8.73. The summed E-state index contributed by atoms with van der Waals surface area (Å²) in [4.78, 5) is 14.3. The maximum absolute atomic E-state index is 12.4. The lowest BCUT2D eigenvalue weighted by atomic mass is 9.88. The van der Waals surface area contributed by atoms with E-state index in [1.807, 2.05) is 36.2 Å². The number of carbonyl (C=O) groups is 1. The van der Waals surface area contributed by atoms with Gasteiger partial charge in [0.25, 0.3) is 0 Å². The van der Waals surface area contributed by atoms with E-state index in [1.165, 1.54) is 19.3 Å². The molecule has 1 fully saturated rings. The smallest absolute Gasteiger partial charge is 0.225 e. The van der Waals surface area contributed by atoms with E-state index in [4.69, 9.17) is 5.11 Å². The summed E-state index contributed by atoms with van der Waals surface area (Å²) in [6, 6.07) is 7.84. The van der Waals surface area contributed by atoms with Crippen LogP contribution in [0.15, 0.2) is 24.3 Å². The van der Waals surface area contributed by atoms with Crippen LogP contribution in [0.1, 0.15) is 43.2 Å². The second-order valence-electron chi connectivity index (χ2n) is 5.69. The molecule has 1 aliphatic carbocycles. The highest BCUT2D eigenvalue weighted by atomic mass is 16.2. The number of hydrogen-bond donors (Lipinski definition) is 1. The van der Waals surface area contributed by atoms with Crippen LogP contribution < -0.4 is 0 Å². The summed E-state index contributed by atoms with van der Waals surface area (Å²) in [6.45, 7) is 0.480. The number of aliphatic hydroxyl groups is 1. The predicted molar refractivity (Wildman–Crippen MR) is 83.5 cm³/mol. The summed E-state index contributed by atoms with van der Waals surface area (Å²) in [7, 11) is 1.88. The average molecular weight is 285 g/mol. The summed E-state index contributed by atoms with van der Waals surface area (Å²) in [5.41, 5.74) is 1.95. The van der Waals surface area contributed by atoms with Crippen LogP contribution in [-0.2, 0) is 11.3 Å². The third-order valence-corrected chi connectivity index (χ3v) is 3.99. The van der Waals surface area contributed by atoms with Crippen LogP contribution in [0.4, 0.5) is 0 Å². The van der Waals surface area contributed by atoms with Crippen LogP contribution in [0.2, 0.25) is 0 Å². The van der Waals surface area contributed by atoms with Crippen molar-refractivity contribution >= 4 is 5.91 Å². The molecule has 1 saturated carbocycles. The molecule has 1 aromatic rings.